The molecule has 2 rings (SSSR count). The summed E-state index contributed by atoms with van der Waals surface area (Å²) in [6, 6.07) is 15.8. The van der Waals surface area contributed by atoms with Gasteiger partial charge >= 0.3 is 0 Å². The Balaban J connectivity index is 1.75. The Labute approximate surface area is 120 Å². The van der Waals surface area contributed by atoms with Gasteiger partial charge in [-0.05, 0) is 42.7 Å². The van der Waals surface area contributed by atoms with E-state index in [1.165, 1.54) is 5.56 Å². The molecule has 0 spiro atoms. The molecule has 0 atom stereocenters. The second-order valence-corrected chi connectivity index (χ2v) is 4.48. The van der Waals surface area contributed by atoms with Crippen molar-refractivity contribution in [2.75, 3.05) is 20.8 Å². The number of hydrogen-bond donors (Lipinski definition) is 0. The van der Waals surface area contributed by atoms with E-state index in [1.54, 1.807) is 14.2 Å². The smallest absolute Gasteiger partial charge is 0.122 e. The summed E-state index contributed by atoms with van der Waals surface area (Å²) in [4.78, 5) is 0. The summed E-state index contributed by atoms with van der Waals surface area (Å²) in [7, 11) is 3.33. The zero-order valence-corrected chi connectivity index (χ0v) is 12.0. The molecular formula is C17H20O3. The van der Waals surface area contributed by atoms with E-state index < -0.39 is 0 Å². The van der Waals surface area contributed by atoms with Crippen LogP contribution in [0, 0.1) is 0 Å². The molecule has 0 saturated heterocycles. The minimum atomic E-state index is 0.694. The first-order valence-corrected chi connectivity index (χ1v) is 6.71. The maximum absolute atomic E-state index is 5.71. The maximum atomic E-state index is 5.71. The fourth-order valence-corrected chi connectivity index (χ4v) is 1.95. The van der Waals surface area contributed by atoms with Crippen LogP contribution in [0.5, 0.6) is 17.2 Å². The van der Waals surface area contributed by atoms with Crippen molar-refractivity contribution in [3.63, 3.8) is 0 Å². The summed E-state index contributed by atoms with van der Waals surface area (Å²) >= 11 is 0. The van der Waals surface area contributed by atoms with E-state index in [2.05, 4.69) is 12.1 Å². The normalized spacial score (nSPS) is 10.1. The number of ether oxygens (including phenoxy) is 3. The average molecular weight is 272 g/mol. The van der Waals surface area contributed by atoms with Crippen LogP contribution in [-0.4, -0.2) is 20.8 Å². The topological polar surface area (TPSA) is 27.7 Å². The molecule has 0 fully saturated rings. The van der Waals surface area contributed by atoms with Crippen LogP contribution in [0.3, 0.4) is 0 Å². The molecule has 3 heteroatoms. The van der Waals surface area contributed by atoms with Crippen molar-refractivity contribution in [1.82, 2.24) is 0 Å². The molecule has 0 bridgehead atoms. The second kappa shape index (κ2) is 7.43. The molecule has 0 unspecified atom stereocenters. The van der Waals surface area contributed by atoms with Gasteiger partial charge in [-0.15, -0.1) is 0 Å². The summed E-state index contributed by atoms with van der Waals surface area (Å²) in [5.41, 5.74) is 1.29. The zero-order chi connectivity index (χ0) is 14.2. The molecule has 0 aliphatic heterocycles. The molecule has 3 nitrogen and oxygen atoms in total. The van der Waals surface area contributed by atoms with Crippen molar-refractivity contribution >= 4 is 0 Å². The van der Waals surface area contributed by atoms with Crippen LogP contribution in [0.1, 0.15) is 12.0 Å². The number of benzene rings is 2. The zero-order valence-electron chi connectivity index (χ0n) is 12.0. The molecule has 0 amide bonds. The van der Waals surface area contributed by atoms with Crippen LogP contribution in [0.4, 0.5) is 0 Å². The highest BCUT2D eigenvalue weighted by Crippen LogP contribution is 2.19. The Morgan fingerprint density at radius 1 is 0.800 bits per heavy atom. The Morgan fingerprint density at radius 3 is 2.20 bits per heavy atom. The molecule has 0 radical (unpaired) electrons. The first-order chi connectivity index (χ1) is 9.81. The lowest BCUT2D eigenvalue weighted by atomic mass is 10.1. The molecule has 0 aliphatic carbocycles. The monoisotopic (exact) mass is 272 g/mol. The van der Waals surface area contributed by atoms with Crippen molar-refractivity contribution in [3.05, 3.63) is 54.1 Å². The Morgan fingerprint density at radius 2 is 1.50 bits per heavy atom. The lowest BCUT2D eigenvalue weighted by molar-refractivity contribution is 0.308. The summed E-state index contributed by atoms with van der Waals surface area (Å²) in [6.07, 6.45) is 1.97. The second-order valence-electron chi connectivity index (χ2n) is 4.48. The number of rotatable bonds is 7. The van der Waals surface area contributed by atoms with E-state index in [-0.39, 0.29) is 0 Å². The van der Waals surface area contributed by atoms with E-state index in [0.29, 0.717) is 6.61 Å². The molecule has 0 aromatic heterocycles. The van der Waals surface area contributed by atoms with Gasteiger partial charge in [0.1, 0.15) is 17.2 Å². The maximum Gasteiger partial charge on any atom is 0.122 e. The molecule has 20 heavy (non-hydrogen) atoms. The van der Waals surface area contributed by atoms with Crippen LogP contribution < -0.4 is 14.2 Å². The lowest BCUT2D eigenvalue weighted by Gasteiger charge is -2.08. The summed E-state index contributed by atoms with van der Waals surface area (Å²) in [5.74, 6) is 2.55. The average Bonchev–Trinajstić information content (AvgIpc) is 2.52. The molecule has 0 saturated carbocycles. The number of aryl methyl sites for hydroxylation is 1. The molecule has 0 N–H and O–H groups in total. The van der Waals surface area contributed by atoms with E-state index in [0.717, 1.165) is 30.1 Å². The van der Waals surface area contributed by atoms with Gasteiger partial charge in [0, 0.05) is 6.07 Å². The van der Waals surface area contributed by atoms with Crippen molar-refractivity contribution in [2.45, 2.75) is 12.8 Å². The largest absolute Gasteiger partial charge is 0.497 e. The Kier molecular flexibility index (Phi) is 5.30. The quantitative estimate of drug-likeness (QED) is 0.719. The third kappa shape index (κ3) is 4.19. The van der Waals surface area contributed by atoms with Crippen molar-refractivity contribution in [2.24, 2.45) is 0 Å². The standard InChI is InChI=1S/C17H20O3/c1-18-15-10-8-14(9-11-15)5-4-12-20-17-7-3-6-16(13-17)19-2/h3,6-11,13H,4-5,12H2,1-2H3. The molecule has 0 aliphatic rings. The van der Waals surface area contributed by atoms with Gasteiger partial charge in [-0.3, -0.25) is 0 Å². The van der Waals surface area contributed by atoms with E-state index in [9.17, 15) is 0 Å². The van der Waals surface area contributed by atoms with Crippen molar-refractivity contribution < 1.29 is 14.2 Å². The molecule has 106 valence electrons. The van der Waals surface area contributed by atoms with E-state index >= 15 is 0 Å². The van der Waals surface area contributed by atoms with Crippen LogP contribution in [-0.2, 0) is 6.42 Å². The van der Waals surface area contributed by atoms with Gasteiger partial charge in [0.05, 0.1) is 20.8 Å². The fourth-order valence-electron chi connectivity index (χ4n) is 1.95. The predicted octanol–water partition coefficient (Wildman–Crippen LogP) is 3.72. The lowest BCUT2D eigenvalue weighted by Crippen LogP contribution is -1.99. The number of hydrogen-bond acceptors (Lipinski definition) is 3. The van der Waals surface area contributed by atoms with Gasteiger partial charge < -0.3 is 14.2 Å². The Bertz CT molecular complexity index is 520. The molecule has 2 aromatic carbocycles. The minimum Gasteiger partial charge on any atom is -0.497 e. The van der Waals surface area contributed by atoms with Gasteiger partial charge in [0.2, 0.25) is 0 Å². The molecule has 2 aromatic rings. The van der Waals surface area contributed by atoms with Crippen molar-refractivity contribution in [1.29, 1.82) is 0 Å². The van der Waals surface area contributed by atoms with Gasteiger partial charge in [0.15, 0.2) is 0 Å². The van der Waals surface area contributed by atoms with Crippen molar-refractivity contribution in [3.8, 4) is 17.2 Å². The summed E-state index contributed by atoms with van der Waals surface area (Å²) < 4.78 is 16.0. The highest BCUT2D eigenvalue weighted by Gasteiger charge is 1.98. The SMILES string of the molecule is COc1ccc(CCCOc2cccc(OC)c2)cc1. The third-order valence-electron chi connectivity index (χ3n) is 3.08. The predicted molar refractivity (Wildman–Crippen MR) is 79.8 cm³/mol. The van der Waals surface area contributed by atoms with Gasteiger partial charge in [-0.1, -0.05) is 18.2 Å². The van der Waals surface area contributed by atoms with E-state index in [4.69, 9.17) is 14.2 Å². The van der Waals surface area contributed by atoms with Crippen LogP contribution in [0.25, 0.3) is 0 Å². The van der Waals surface area contributed by atoms with Gasteiger partial charge in [0.25, 0.3) is 0 Å². The van der Waals surface area contributed by atoms with Crippen LogP contribution in [0.15, 0.2) is 48.5 Å². The number of methoxy groups -OCH3 is 2. The summed E-state index contributed by atoms with van der Waals surface area (Å²) in [6.45, 7) is 0.694. The van der Waals surface area contributed by atoms with E-state index in [1.807, 2.05) is 36.4 Å². The third-order valence-corrected chi connectivity index (χ3v) is 3.08. The first-order valence-electron chi connectivity index (χ1n) is 6.71. The first kappa shape index (κ1) is 14.3. The van der Waals surface area contributed by atoms with Gasteiger partial charge in [-0.25, -0.2) is 0 Å². The fraction of sp³-hybridized carbons (Fsp3) is 0.294. The van der Waals surface area contributed by atoms with Gasteiger partial charge in [-0.2, -0.15) is 0 Å². The highest BCUT2D eigenvalue weighted by atomic mass is 16.5. The van der Waals surface area contributed by atoms with Crippen LogP contribution >= 0.6 is 0 Å². The molecule has 0 heterocycles. The van der Waals surface area contributed by atoms with Crippen LogP contribution in [0.2, 0.25) is 0 Å². The minimum absolute atomic E-state index is 0.694. The highest BCUT2D eigenvalue weighted by molar-refractivity contribution is 5.32. The summed E-state index contributed by atoms with van der Waals surface area (Å²) in [5, 5.41) is 0. The Hall–Kier alpha value is -2.16. The molecular weight excluding hydrogens is 252 g/mol.